The van der Waals surface area contributed by atoms with Crippen LogP contribution in [0, 0.1) is 13.8 Å². The standard InChI is InChI=1S/C15H20N2O/c1-5-13-10(2)16-17(11(13)3)15-9-7-6-8-14(15)12(4)18/h6-9,12,18H,5H2,1-4H3. The zero-order valence-electron chi connectivity index (χ0n) is 11.4. The van der Waals surface area contributed by atoms with Gasteiger partial charge in [-0.05, 0) is 38.8 Å². The van der Waals surface area contributed by atoms with E-state index in [1.54, 1.807) is 6.92 Å². The summed E-state index contributed by atoms with van der Waals surface area (Å²) in [4.78, 5) is 0. The molecule has 0 spiro atoms. The number of nitrogens with zero attached hydrogens (tertiary/aromatic N) is 2. The van der Waals surface area contributed by atoms with Crippen molar-refractivity contribution in [3.63, 3.8) is 0 Å². The SMILES string of the molecule is CCc1c(C)nn(-c2ccccc2C(C)O)c1C. The zero-order valence-corrected chi connectivity index (χ0v) is 11.4. The number of hydrogen-bond acceptors (Lipinski definition) is 2. The number of rotatable bonds is 3. The first-order valence-corrected chi connectivity index (χ1v) is 6.38. The lowest BCUT2D eigenvalue weighted by molar-refractivity contribution is 0.199. The van der Waals surface area contributed by atoms with Crippen LogP contribution in [-0.4, -0.2) is 14.9 Å². The van der Waals surface area contributed by atoms with E-state index in [4.69, 9.17) is 0 Å². The molecule has 2 aromatic rings. The lowest BCUT2D eigenvalue weighted by Crippen LogP contribution is -2.05. The van der Waals surface area contributed by atoms with E-state index in [9.17, 15) is 5.11 Å². The molecule has 0 saturated heterocycles. The second-order valence-electron chi connectivity index (χ2n) is 4.65. The number of aryl methyl sites for hydroxylation is 1. The van der Waals surface area contributed by atoms with E-state index in [0.717, 1.165) is 29.1 Å². The van der Waals surface area contributed by atoms with E-state index in [0.29, 0.717) is 0 Å². The minimum Gasteiger partial charge on any atom is -0.389 e. The minimum absolute atomic E-state index is 0.491. The van der Waals surface area contributed by atoms with Crippen LogP contribution in [0.4, 0.5) is 0 Å². The van der Waals surface area contributed by atoms with Gasteiger partial charge in [0.25, 0.3) is 0 Å². The Morgan fingerprint density at radius 1 is 1.28 bits per heavy atom. The van der Waals surface area contributed by atoms with Crippen LogP contribution in [0.15, 0.2) is 24.3 Å². The molecule has 1 aromatic heterocycles. The lowest BCUT2D eigenvalue weighted by Gasteiger charge is -2.13. The highest BCUT2D eigenvalue weighted by atomic mass is 16.3. The van der Waals surface area contributed by atoms with Gasteiger partial charge in [0, 0.05) is 11.3 Å². The van der Waals surface area contributed by atoms with Crippen molar-refractivity contribution in [2.45, 2.75) is 40.2 Å². The van der Waals surface area contributed by atoms with E-state index < -0.39 is 6.10 Å². The largest absolute Gasteiger partial charge is 0.389 e. The Morgan fingerprint density at radius 3 is 2.50 bits per heavy atom. The topological polar surface area (TPSA) is 38.0 Å². The Labute approximate surface area is 108 Å². The van der Waals surface area contributed by atoms with Crippen molar-refractivity contribution in [3.8, 4) is 5.69 Å². The molecule has 3 heteroatoms. The highest BCUT2D eigenvalue weighted by molar-refractivity contribution is 5.44. The Morgan fingerprint density at radius 2 is 1.94 bits per heavy atom. The third-order valence-electron chi connectivity index (χ3n) is 3.41. The third kappa shape index (κ3) is 2.06. The predicted molar refractivity (Wildman–Crippen MR) is 73.0 cm³/mol. The monoisotopic (exact) mass is 244 g/mol. The van der Waals surface area contributed by atoms with Gasteiger partial charge in [0.15, 0.2) is 0 Å². The summed E-state index contributed by atoms with van der Waals surface area (Å²) >= 11 is 0. The van der Waals surface area contributed by atoms with Crippen molar-refractivity contribution >= 4 is 0 Å². The van der Waals surface area contributed by atoms with Crippen LogP contribution >= 0.6 is 0 Å². The van der Waals surface area contributed by atoms with Crippen molar-refractivity contribution in [3.05, 3.63) is 46.8 Å². The molecule has 3 nitrogen and oxygen atoms in total. The van der Waals surface area contributed by atoms with Gasteiger partial charge >= 0.3 is 0 Å². The first kappa shape index (κ1) is 12.8. The van der Waals surface area contributed by atoms with Crippen LogP contribution in [0.3, 0.4) is 0 Å². The molecule has 0 saturated carbocycles. The molecular formula is C15H20N2O. The van der Waals surface area contributed by atoms with Crippen molar-refractivity contribution < 1.29 is 5.11 Å². The smallest absolute Gasteiger partial charge is 0.0782 e. The summed E-state index contributed by atoms with van der Waals surface area (Å²) in [6.07, 6.45) is 0.490. The fourth-order valence-corrected chi connectivity index (χ4v) is 2.45. The molecule has 1 atom stereocenters. The molecule has 0 amide bonds. The molecule has 1 unspecified atom stereocenters. The van der Waals surface area contributed by atoms with Crippen LogP contribution < -0.4 is 0 Å². The first-order chi connectivity index (χ1) is 8.56. The Bertz CT molecular complexity index is 556. The summed E-state index contributed by atoms with van der Waals surface area (Å²) in [5.41, 5.74) is 5.38. The minimum atomic E-state index is -0.491. The Kier molecular flexibility index (Phi) is 3.53. The van der Waals surface area contributed by atoms with Gasteiger partial charge in [-0.2, -0.15) is 5.10 Å². The molecule has 1 aromatic carbocycles. The van der Waals surface area contributed by atoms with Crippen molar-refractivity contribution in [1.82, 2.24) is 9.78 Å². The highest BCUT2D eigenvalue weighted by Gasteiger charge is 2.15. The Hall–Kier alpha value is -1.61. The van der Waals surface area contributed by atoms with Gasteiger partial charge in [-0.25, -0.2) is 4.68 Å². The van der Waals surface area contributed by atoms with Gasteiger partial charge in [-0.3, -0.25) is 0 Å². The molecule has 2 rings (SSSR count). The van der Waals surface area contributed by atoms with Gasteiger partial charge in [0.2, 0.25) is 0 Å². The van der Waals surface area contributed by atoms with Gasteiger partial charge < -0.3 is 5.11 Å². The molecule has 18 heavy (non-hydrogen) atoms. The van der Waals surface area contributed by atoms with Crippen molar-refractivity contribution in [2.75, 3.05) is 0 Å². The van der Waals surface area contributed by atoms with Gasteiger partial charge in [-0.15, -0.1) is 0 Å². The summed E-state index contributed by atoms with van der Waals surface area (Å²) in [6, 6.07) is 7.87. The lowest BCUT2D eigenvalue weighted by atomic mass is 10.1. The summed E-state index contributed by atoms with van der Waals surface area (Å²) in [5, 5.41) is 14.4. The number of benzene rings is 1. The molecule has 96 valence electrons. The van der Waals surface area contributed by atoms with Crippen LogP contribution in [-0.2, 0) is 6.42 Å². The van der Waals surface area contributed by atoms with E-state index in [1.807, 2.05) is 35.9 Å². The van der Waals surface area contributed by atoms with E-state index in [2.05, 4.69) is 18.9 Å². The number of aliphatic hydroxyl groups is 1. The number of para-hydroxylation sites is 1. The molecule has 1 N–H and O–H groups in total. The quantitative estimate of drug-likeness (QED) is 0.901. The third-order valence-corrected chi connectivity index (χ3v) is 3.41. The maximum Gasteiger partial charge on any atom is 0.0782 e. The van der Waals surface area contributed by atoms with Gasteiger partial charge in [-0.1, -0.05) is 25.1 Å². The van der Waals surface area contributed by atoms with Crippen molar-refractivity contribution in [2.24, 2.45) is 0 Å². The maximum absolute atomic E-state index is 9.85. The first-order valence-electron chi connectivity index (χ1n) is 6.38. The number of aliphatic hydroxyl groups excluding tert-OH is 1. The van der Waals surface area contributed by atoms with Gasteiger partial charge in [0.1, 0.15) is 0 Å². The normalized spacial score (nSPS) is 12.7. The van der Waals surface area contributed by atoms with Crippen molar-refractivity contribution in [1.29, 1.82) is 0 Å². The predicted octanol–water partition coefficient (Wildman–Crippen LogP) is 3.10. The molecule has 0 fully saturated rings. The number of hydrogen-bond donors (Lipinski definition) is 1. The highest BCUT2D eigenvalue weighted by Crippen LogP contribution is 2.24. The maximum atomic E-state index is 9.85. The van der Waals surface area contributed by atoms with Crippen LogP contribution in [0.25, 0.3) is 5.69 Å². The molecular weight excluding hydrogens is 224 g/mol. The second-order valence-corrected chi connectivity index (χ2v) is 4.65. The average Bonchev–Trinajstić information content (AvgIpc) is 2.64. The molecule has 1 heterocycles. The molecule has 0 aliphatic rings. The summed E-state index contributed by atoms with van der Waals surface area (Å²) in [7, 11) is 0. The van der Waals surface area contributed by atoms with Gasteiger partial charge in [0.05, 0.1) is 17.5 Å². The fourth-order valence-electron chi connectivity index (χ4n) is 2.45. The Balaban J connectivity index is 2.63. The van der Waals surface area contributed by atoms with E-state index >= 15 is 0 Å². The second kappa shape index (κ2) is 4.94. The average molecular weight is 244 g/mol. The molecule has 0 aliphatic heterocycles. The molecule has 0 radical (unpaired) electrons. The van der Waals surface area contributed by atoms with E-state index in [-0.39, 0.29) is 0 Å². The summed E-state index contributed by atoms with van der Waals surface area (Å²) in [6.45, 7) is 8.04. The number of aromatic nitrogens is 2. The molecule has 0 aliphatic carbocycles. The fraction of sp³-hybridized carbons (Fsp3) is 0.400. The van der Waals surface area contributed by atoms with Crippen LogP contribution in [0.2, 0.25) is 0 Å². The summed E-state index contributed by atoms with van der Waals surface area (Å²) in [5.74, 6) is 0. The van der Waals surface area contributed by atoms with Crippen LogP contribution in [0.1, 0.15) is 42.5 Å². The van der Waals surface area contributed by atoms with E-state index in [1.165, 1.54) is 5.56 Å². The zero-order chi connectivity index (χ0) is 13.3. The molecule has 0 bridgehead atoms. The van der Waals surface area contributed by atoms with Crippen LogP contribution in [0.5, 0.6) is 0 Å². The summed E-state index contributed by atoms with van der Waals surface area (Å²) < 4.78 is 1.94.